The molecule has 7 heteroatoms. The Morgan fingerprint density at radius 3 is 2.27 bits per heavy atom. The zero-order chi connectivity index (χ0) is 20.6. The van der Waals surface area contributed by atoms with Gasteiger partial charge in [-0.3, -0.25) is 9.59 Å². The second-order valence-corrected chi connectivity index (χ2v) is 4.70. The fourth-order valence-electron chi connectivity index (χ4n) is 1.36. The summed E-state index contributed by atoms with van der Waals surface area (Å²) in [6, 6.07) is -0.222. The molecule has 2 amide bonds. The fraction of sp³-hybridized carbons (Fsp3) is 0.684. The molecule has 0 aliphatic heterocycles. The summed E-state index contributed by atoms with van der Waals surface area (Å²) < 4.78 is 4.96. The van der Waals surface area contributed by atoms with Gasteiger partial charge >= 0.3 is 0 Å². The van der Waals surface area contributed by atoms with Gasteiger partial charge < -0.3 is 26.2 Å². The van der Waals surface area contributed by atoms with Crippen molar-refractivity contribution in [1.82, 2.24) is 10.6 Å². The Morgan fingerprint density at radius 2 is 1.85 bits per heavy atom. The van der Waals surface area contributed by atoms with Crippen LogP contribution in [0.2, 0.25) is 0 Å². The molecule has 1 atom stereocenters. The van der Waals surface area contributed by atoms with Crippen LogP contribution in [-0.2, 0) is 14.3 Å². The Kier molecular flexibility index (Phi) is 27.8. The Morgan fingerprint density at radius 1 is 1.19 bits per heavy atom. The third kappa shape index (κ3) is 24.2. The van der Waals surface area contributed by atoms with Gasteiger partial charge in [0.05, 0.1) is 25.7 Å². The zero-order valence-electron chi connectivity index (χ0n) is 16.3. The van der Waals surface area contributed by atoms with Gasteiger partial charge in [-0.1, -0.05) is 26.7 Å². The maximum absolute atomic E-state index is 11.4. The standard InChI is InChI=1S/C13H22N2O4.C4H7N.C2H6/c1-3-8-19-9-6-12(17)14-7-5-13(18)15-11(4-2)10-16;1-2-3-4-5;1-2/h1,11,16H,4-10H2,2H3,(H,14,17)(H,15,18);1H,3-5H2;1-2H3. The first-order valence-corrected chi connectivity index (χ1v) is 8.87. The molecule has 0 heterocycles. The summed E-state index contributed by atoms with van der Waals surface area (Å²) in [6.45, 7) is 7.12. The minimum absolute atomic E-state index is 0.0822. The number of nitrogens with one attached hydrogen (secondary N) is 2. The highest BCUT2D eigenvalue weighted by Crippen LogP contribution is 1.90. The number of carbonyl (C=O) groups excluding carboxylic acids is 2. The number of hydrogen-bond acceptors (Lipinski definition) is 5. The Balaban J connectivity index is -0.000000645. The molecule has 150 valence electrons. The fourth-order valence-corrected chi connectivity index (χ4v) is 1.36. The van der Waals surface area contributed by atoms with Crippen LogP contribution in [0, 0.1) is 24.7 Å². The molecule has 26 heavy (non-hydrogen) atoms. The molecule has 0 radical (unpaired) electrons. The monoisotopic (exact) mass is 369 g/mol. The quantitative estimate of drug-likeness (QED) is 0.311. The van der Waals surface area contributed by atoms with Crippen LogP contribution in [0.1, 0.15) is 46.5 Å². The molecule has 0 spiro atoms. The van der Waals surface area contributed by atoms with Gasteiger partial charge in [0.25, 0.3) is 0 Å². The van der Waals surface area contributed by atoms with E-state index < -0.39 is 0 Å². The molecule has 0 aliphatic carbocycles. The van der Waals surface area contributed by atoms with Crippen molar-refractivity contribution in [3.63, 3.8) is 0 Å². The predicted molar refractivity (Wildman–Crippen MR) is 105 cm³/mol. The summed E-state index contributed by atoms with van der Waals surface area (Å²) in [4.78, 5) is 22.7. The second kappa shape index (κ2) is 25.2. The van der Waals surface area contributed by atoms with Crippen LogP contribution in [-0.4, -0.2) is 55.9 Å². The highest BCUT2D eigenvalue weighted by molar-refractivity contribution is 5.79. The average molecular weight is 370 g/mol. The zero-order valence-corrected chi connectivity index (χ0v) is 16.3. The molecule has 5 N–H and O–H groups in total. The number of rotatable bonds is 11. The predicted octanol–water partition coefficient (Wildman–Crippen LogP) is 0.414. The first-order valence-electron chi connectivity index (χ1n) is 8.87. The van der Waals surface area contributed by atoms with Crippen molar-refractivity contribution >= 4 is 11.8 Å². The first-order chi connectivity index (χ1) is 12.5. The van der Waals surface area contributed by atoms with Crippen LogP contribution >= 0.6 is 0 Å². The second-order valence-electron chi connectivity index (χ2n) is 4.70. The maximum Gasteiger partial charge on any atom is 0.222 e. The molecule has 0 aromatic carbocycles. The number of amides is 2. The lowest BCUT2D eigenvalue weighted by molar-refractivity contribution is -0.123. The lowest BCUT2D eigenvalue weighted by atomic mass is 10.2. The molecule has 0 bridgehead atoms. The summed E-state index contributed by atoms with van der Waals surface area (Å²) in [7, 11) is 0. The Labute approximate surface area is 158 Å². The minimum atomic E-state index is -0.222. The summed E-state index contributed by atoms with van der Waals surface area (Å²) in [5.41, 5.74) is 5.00. The molecule has 0 aliphatic rings. The van der Waals surface area contributed by atoms with Crippen molar-refractivity contribution in [2.75, 3.05) is 32.9 Å². The summed E-state index contributed by atoms with van der Waals surface area (Å²) in [6.07, 6.45) is 11.6. The lowest BCUT2D eigenvalue weighted by Crippen LogP contribution is -2.38. The number of aliphatic hydroxyl groups is 1. The molecule has 1 unspecified atom stereocenters. The van der Waals surface area contributed by atoms with Gasteiger partial charge in [0, 0.05) is 25.9 Å². The average Bonchev–Trinajstić information content (AvgIpc) is 2.66. The third-order valence-corrected chi connectivity index (χ3v) is 2.70. The van der Waals surface area contributed by atoms with Crippen molar-refractivity contribution in [2.45, 2.75) is 52.5 Å². The highest BCUT2D eigenvalue weighted by atomic mass is 16.5. The van der Waals surface area contributed by atoms with Crippen molar-refractivity contribution in [2.24, 2.45) is 5.73 Å². The minimum Gasteiger partial charge on any atom is -0.394 e. The van der Waals surface area contributed by atoms with Crippen LogP contribution in [0.3, 0.4) is 0 Å². The van der Waals surface area contributed by atoms with Crippen LogP contribution in [0.15, 0.2) is 0 Å². The van der Waals surface area contributed by atoms with Crippen LogP contribution in [0.4, 0.5) is 0 Å². The summed E-state index contributed by atoms with van der Waals surface area (Å²) in [5, 5.41) is 14.2. The van der Waals surface area contributed by atoms with Gasteiger partial charge in [0.15, 0.2) is 0 Å². The smallest absolute Gasteiger partial charge is 0.222 e. The number of hydrogen-bond donors (Lipinski definition) is 4. The van der Waals surface area contributed by atoms with E-state index in [2.05, 4.69) is 22.5 Å². The number of carbonyl (C=O) groups is 2. The molecule has 7 nitrogen and oxygen atoms in total. The molecule has 0 rings (SSSR count). The molecular weight excluding hydrogens is 334 g/mol. The Bertz CT molecular complexity index is 410. The van der Waals surface area contributed by atoms with Crippen LogP contribution in [0.25, 0.3) is 0 Å². The van der Waals surface area contributed by atoms with Crippen molar-refractivity contribution in [3.8, 4) is 24.7 Å². The summed E-state index contributed by atoms with van der Waals surface area (Å²) in [5.74, 6) is 4.32. The number of ether oxygens (including phenoxy) is 1. The van der Waals surface area contributed by atoms with Gasteiger partial charge in [-0.2, -0.15) is 0 Å². The topological polar surface area (TPSA) is 114 Å². The summed E-state index contributed by atoms with van der Waals surface area (Å²) >= 11 is 0. The van der Waals surface area contributed by atoms with E-state index in [0.29, 0.717) is 19.4 Å². The van der Waals surface area contributed by atoms with Gasteiger partial charge in [-0.05, 0) is 6.42 Å². The molecule has 0 aromatic heterocycles. The number of aliphatic hydroxyl groups excluding tert-OH is 1. The van der Waals surface area contributed by atoms with Gasteiger partial charge in [0.2, 0.25) is 11.8 Å². The lowest BCUT2D eigenvalue weighted by Gasteiger charge is -2.13. The van der Waals surface area contributed by atoms with E-state index in [0.717, 1.165) is 0 Å². The first kappa shape index (κ1) is 28.7. The van der Waals surface area contributed by atoms with Gasteiger partial charge in [-0.25, -0.2) is 0 Å². The van der Waals surface area contributed by atoms with E-state index in [1.807, 2.05) is 20.8 Å². The number of nitrogens with two attached hydrogens (primary N) is 1. The van der Waals surface area contributed by atoms with E-state index in [-0.39, 0.29) is 57.1 Å². The van der Waals surface area contributed by atoms with Crippen molar-refractivity contribution in [3.05, 3.63) is 0 Å². The number of terminal acetylenes is 2. The molecule has 0 fully saturated rings. The largest absolute Gasteiger partial charge is 0.394 e. The molecular formula is C19H35N3O4. The van der Waals surface area contributed by atoms with Crippen LogP contribution in [0.5, 0.6) is 0 Å². The van der Waals surface area contributed by atoms with E-state index >= 15 is 0 Å². The maximum atomic E-state index is 11.4. The van der Waals surface area contributed by atoms with Gasteiger partial charge in [-0.15, -0.1) is 18.8 Å². The van der Waals surface area contributed by atoms with E-state index in [4.69, 9.17) is 28.4 Å². The third-order valence-electron chi connectivity index (χ3n) is 2.70. The molecule has 0 saturated carbocycles. The van der Waals surface area contributed by atoms with E-state index in [1.165, 1.54) is 0 Å². The van der Waals surface area contributed by atoms with Crippen molar-refractivity contribution in [1.29, 1.82) is 0 Å². The van der Waals surface area contributed by atoms with Crippen LogP contribution < -0.4 is 16.4 Å². The SMILES string of the molecule is C#CCCN.C#CCOCCC(=O)NCCC(=O)NC(CC)CO.CC. The van der Waals surface area contributed by atoms with E-state index in [1.54, 1.807) is 0 Å². The Hall–Kier alpha value is -2.06. The van der Waals surface area contributed by atoms with E-state index in [9.17, 15) is 9.59 Å². The highest BCUT2D eigenvalue weighted by Gasteiger charge is 2.09. The van der Waals surface area contributed by atoms with Gasteiger partial charge in [0.1, 0.15) is 6.61 Å². The normalized spacial score (nSPS) is 9.81. The van der Waals surface area contributed by atoms with Crippen molar-refractivity contribution < 1.29 is 19.4 Å². The molecule has 0 aromatic rings. The molecule has 0 saturated heterocycles.